The van der Waals surface area contributed by atoms with Gasteiger partial charge in [0.25, 0.3) is 0 Å². The largest absolute Gasteiger partial charge is 0.0955 e. The van der Waals surface area contributed by atoms with Gasteiger partial charge in [0.15, 0.2) is 0 Å². The molecule has 24 heavy (non-hydrogen) atoms. The molecule has 0 aliphatic carbocycles. The van der Waals surface area contributed by atoms with E-state index in [4.69, 9.17) is 0 Å². The Morgan fingerprint density at radius 2 is 1.08 bits per heavy atom. The van der Waals surface area contributed by atoms with Gasteiger partial charge in [-0.1, -0.05) is 95.7 Å². The summed E-state index contributed by atoms with van der Waals surface area (Å²) in [7, 11) is 0. The van der Waals surface area contributed by atoms with Gasteiger partial charge in [-0.2, -0.15) is 0 Å². The zero-order valence-electron chi connectivity index (χ0n) is 13.9. The molecule has 1 heteroatoms. The van der Waals surface area contributed by atoms with Gasteiger partial charge in [0.2, 0.25) is 0 Å². The third-order valence-electron chi connectivity index (χ3n) is 3.94. The Labute approximate surface area is 152 Å². The second-order valence-electron chi connectivity index (χ2n) is 5.91. The number of halogens is 1. The number of hydrogen-bond acceptors (Lipinski definition) is 0. The van der Waals surface area contributed by atoms with E-state index in [1.807, 2.05) is 18.2 Å². The highest BCUT2D eigenvalue weighted by molar-refractivity contribution is 9.15. The number of hydrogen-bond donors (Lipinski definition) is 0. The lowest BCUT2D eigenvalue weighted by molar-refractivity contribution is 1.43. The van der Waals surface area contributed by atoms with Crippen LogP contribution in [0.3, 0.4) is 0 Å². The molecule has 3 rings (SSSR count). The predicted molar refractivity (Wildman–Crippen MR) is 107 cm³/mol. The molecule has 3 aromatic rings. The summed E-state index contributed by atoms with van der Waals surface area (Å²) in [5.74, 6) is 0. The maximum Gasteiger partial charge on any atom is 0.0672 e. The van der Waals surface area contributed by atoms with Gasteiger partial charge in [0.05, 0.1) is 4.48 Å². The molecule has 0 amide bonds. The highest BCUT2D eigenvalue weighted by atomic mass is 79.9. The van der Waals surface area contributed by atoms with Gasteiger partial charge >= 0.3 is 0 Å². The molecule has 3 aromatic carbocycles. The lowest BCUT2D eigenvalue weighted by Gasteiger charge is -2.08. The second kappa shape index (κ2) is 7.49. The van der Waals surface area contributed by atoms with Crippen molar-refractivity contribution in [2.24, 2.45) is 0 Å². The van der Waals surface area contributed by atoms with Crippen LogP contribution in [0.5, 0.6) is 0 Å². The molecule has 0 bridgehead atoms. The summed E-state index contributed by atoms with van der Waals surface area (Å²) in [6.07, 6.45) is 0. The minimum absolute atomic E-state index is 0.958. The van der Waals surface area contributed by atoms with Crippen LogP contribution in [0.2, 0.25) is 0 Å². The predicted octanol–water partition coefficient (Wildman–Crippen LogP) is 6.77. The average molecular weight is 375 g/mol. The van der Waals surface area contributed by atoms with E-state index in [2.05, 4.69) is 96.2 Å². The molecule has 118 valence electrons. The van der Waals surface area contributed by atoms with Gasteiger partial charge in [-0.05, 0) is 46.5 Å². The molecule has 0 aliphatic heterocycles. The normalized spacial score (nSPS) is 10.1. The van der Waals surface area contributed by atoms with Crippen molar-refractivity contribution in [3.63, 3.8) is 0 Å². The molecule has 0 unspecified atom stereocenters. The van der Waals surface area contributed by atoms with E-state index in [9.17, 15) is 0 Å². The maximum atomic E-state index is 3.69. The minimum Gasteiger partial charge on any atom is -0.0955 e. The van der Waals surface area contributed by atoms with Crippen molar-refractivity contribution < 1.29 is 0 Å². The van der Waals surface area contributed by atoms with Crippen LogP contribution in [0.15, 0.2) is 84.6 Å². The van der Waals surface area contributed by atoms with Crippen molar-refractivity contribution in [1.29, 1.82) is 0 Å². The molecule has 0 spiro atoms. The summed E-state index contributed by atoms with van der Waals surface area (Å²) < 4.78 is 0.958. The molecule has 0 heterocycles. The van der Waals surface area contributed by atoms with Crippen molar-refractivity contribution in [3.8, 4) is 0 Å². The van der Waals surface area contributed by atoms with Crippen LogP contribution in [0.4, 0.5) is 0 Å². The van der Waals surface area contributed by atoms with Crippen molar-refractivity contribution in [2.45, 2.75) is 13.8 Å². The Morgan fingerprint density at radius 1 is 0.625 bits per heavy atom. The fourth-order valence-electron chi connectivity index (χ4n) is 2.52. The van der Waals surface area contributed by atoms with E-state index in [-0.39, 0.29) is 0 Å². The van der Waals surface area contributed by atoms with Gasteiger partial charge in [-0.25, -0.2) is 0 Å². The molecular formula is C23H19Br. The highest BCUT2D eigenvalue weighted by Gasteiger charge is 2.06. The lowest BCUT2D eigenvalue weighted by atomic mass is 9.97. The summed E-state index contributed by atoms with van der Waals surface area (Å²) >= 11 is 3.69. The monoisotopic (exact) mass is 374 g/mol. The first-order chi connectivity index (χ1) is 11.6. The molecule has 0 aliphatic rings. The van der Waals surface area contributed by atoms with Crippen LogP contribution in [0.25, 0.3) is 10.1 Å². The third-order valence-corrected chi connectivity index (χ3v) is 4.60. The SMILES string of the molecule is Cc1ccc(C(=C=C(Br)c2ccccc2)c2ccc(C)cc2)cc1. The first-order valence-electron chi connectivity index (χ1n) is 7.99. The van der Waals surface area contributed by atoms with Crippen LogP contribution < -0.4 is 0 Å². The van der Waals surface area contributed by atoms with Gasteiger partial charge in [0, 0.05) is 5.57 Å². The Bertz CT molecular complexity index is 832. The van der Waals surface area contributed by atoms with Crippen LogP contribution in [-0.2, 0) is 0 Å². The van der Waals surface area contributed by atoms with Gasteiger partial charge in [-0.3, -0.25) is 0 Å². The van der Waals surface area contributed by atoms with E-state index < -0.39 is 0 Å². The summed E-state index contributed by atoms with van der Waals surface area (Å²) in [5.41, 5.74) is 10.6. The standard InChI is InChI=1S/C23H19Br/c1-17-8-12-19(13-9-17)22(20-14-10-18(2)11-15-20)16-23(24)21-6-4-3-5-7-21/h3-15H,1-2H3. The topological polar surface area (TPSA) is 0 Å². The zero-order chi connectivity index (χ0) is 16.9. The zero-order valence-corrected chi connectivity index (χ0v) is 15.5. The van der Waals surface area contributed by atoms with Gasteiger partial charge < -0.3 is 0 Å². The fourth-order valence-corrected chi connectivity index (χ4v) is 2.98. The Kier molecular flexibility index (Phi) is 5.15. The molecule has 0 saturated carbocycles. The number of rotatable bonds is 3. The van der Waals surface area contributed by atoms with Crippen molar-refractivity contribution in [1.82, 2.24) is 0 Å². The molecule has 0 aromatic heterocycles. The molecule has 0 saturated heterocycles. The quantitative estimate of drug-likeness (QED) is 0.443. The van der Waals surface area contributed by atoms with Crippen LogP contribution in [0.1, 0.15) is 27.8 Å². The number of benzene rings is 3. The van der Waals surface area contributed by atoms with Crippen LogP contribution in [-0.4, -0.2) is 0 Å². The third kappa shape index (κ3) is 3.94. The van der Waals surface area contributed by atoms with Gasteiger partial charge in [0.1, 0.15) is 0 Å². The summed E-state index contributed by atoms with van der Waals surface area (Å²) in [5, 5.41) is 0. The van der Waals surface area contributed by atoms with Crippen LogP contribution >= 0.6 is 15.9 Å². The highest BCUT2D eigenvalue weighted by Crippen LogP contribution is 2.27. The van der Waals surface area contributed by atoms with E-state index in [1.165, 1.54) is 11.1 Å². The van der Waals surface area contributed by atoms with Crippen molar-refractivity contribution in [2.75, 3.05) is 0 Å². The number of aryl methyl sites for hydroxylation is 2. The van der Waals surface area contributed by atoms with E-state index in [0.717, 1.165) is 26.7 Å². The Hall–Kier alpha value is -2.34. The van der Waals surface area contributed by atoms with Crippen LogP contribution in [0, 0.1) is 13.8 Å². The molecule has 0 radical (unpaired) electrons. The average Bonchev–Trinajstić information content (AvgIpc) is 2.62. The first-order valence-corrected chi connectivity index (χ1v) is 8.79. The summed E-state index contributed by atoms with van der Waals surface area (Å²) in [6, 6.07) is 27.4. The fraction of sp³-hybridized carbons (Fsp3) is 0.0870. The first kappa shape index (κ1) is 16.5. The molecule has 0 fully saturated rings. The lowest BCUT2D eigenvalue weighted by Crippen LogP contribution is -1.88. The minimum atomic E-state index is 0.958. The smallest absolute Gasteiger partial charge is 0.0672 e. The van der Waals surface area contributed by atoms with Crippen molar-refractivity contribution in [3.05, 3.63) is 112 Å². The molecule has 0 nitrogen and oxygen atoms in total. The Morgan fingerprint density at radius 3 is 1.54 bits per heavy atom. The van der Waals surface area contributed by atoms with Crippen molar-refractivity contribution >= 4 is 26.0 Å². The Balaban J connectivity index is 2.20. The van der Waals surface area contributed by atoms with E-state index in [0.29, 0.717) is 0 Å². The molecular weight excluding hydrogens is 356 g/mol. The summed E-state index contributed by atoms with van der Waals surface area (Å²) in [4.78, 5) is 0. The molecule has 0 atom stereocenters. The second-order valence-corrected chi connectivity index (χ2v) is 6.71. The van der Waals surface area contributed by atoms with Gasteiger partial charge in [-0.15, -0.1) is 0 Å². The molecule has 0 N–H and O–H groups in total. The maximum absolute atomic E-state index is 3.69. The summed E-state index contributed by atoms with van der Waals surface area (Å²) in [6.45, 7) is 4.21. The van der Waals surface area contributed by atoms with E-state index in [1.54, 1.807) is 0 Å². The van der Waals surface area contributed by atoms with E-state index >= 15 is 0 Å².